The maximum Gasteiger partial charge on any atom is 0.0687 e. The second-order valence-electron chi connectivity index (χ2n) is 2.83. The summed E-state index contributed by atoms with van der Waals surface area (Å²) in [6.07, 6.45) is 1.75. The highest BCUT2D eigenvalue weighted by molar-refractivity contribution is 5.34. The van der Waals surface area contributed by atoms with Gasteiger partial charge in [-0.25, -0.2) is 0 Å². The van der Waals surface area contributed by atoms with Gasteiger partial charge < -0.3 is 10.8 Å². The molecule has 0 saturated heterocycles. The molecular weight excluding hydrogens is 138 g/mol. The zero-order valence-electron chi connectivity index (χ0n) is 6.89. The monoisotopic (exact) mass is 151 g/mol. The summed E-state index contributed by atoms with van der Waals surface area (Å²) in [4.78, 5) is 0. The Balaban J connectivity index is 3.05. The van der Waals surface area contributed by atoms with E-state index in [9.17, 15) is 0 Å². The summed E-state index contributed by atoms with van der Waals surface area (Å²) < 4.78 is 0. The van der Waals surface area contributed by atoms with E-state index in [2.05, 4.69) is 5.73 Å². The van der Waals surface area contributed by atoms with Crippen LogP contribution in [0.2, 0.25) is 0 Å². The van der Waals surface area contributed by atoms with Crippen LogP contribution < -0.4 is 5.73 Å². The third kappa shape index (κ3) is 1.37. The van der Waals surface area contributed by atoms with Crippen LogP contribution in [0.1, 0.15) is 13.8 Å². The zero-order valence-corrected chi connectivity index (χ0v) is 6.89. The number of nitrogens with two attached hydrogens (primary N) is 1. The van der Waals surface area contributed by atoms with Gasteiger partial charge >= 0.3 is 0 Å². The molecule has 0 amide bonds. The summed E-state index contributed by atoms with van der Waals surface area (Å²) in [5.74, 6) is 0.224. The summed E-state index contributed by atoms with van der Waals surface area (Å²) in [7, 11) is 0. The van der Waals surface area contributed by atoms with Gasteiger partial charge in [-0.3, -0.25) is 0 Å². The quantitative estimate of drug-likeness (QED) is 0.548. The Morgan fingerprint density at radius 2 is 2.36 bits per heavy atom. The first kappa shape index (κ1) is 8.12. The van der Waals surface area contributed by atoms with Gasteiger partial charge in [0.25, 0.3) is 0 Å². The van der Waals surface area contributed by atoms with Crippen LogP contribution in [0.3, 0.4) is 0 Å². The van der Waals surface area contributed by atoms with Crippen molar-refractivity contribution in [1.82, 2.24) is 0 Å². The van der Waals surface area contributed by atoms with E-state index in [0.29, 0.717) is 0 Å². The SMILES string of the molecule is CC1=C(CO)C=C=C(N)C1C. The lowest BCUT2D eigenvalue weighted by Crippen LogP contribution is -2.13. The van der Waals surface area contributed by atoms with Crippen molar-refractivity contribution >= 4 is 0 Å². The maximum absolute atomic E-state index is 8.89. The fourth-order valence-electron chi connectivity index (χ4n) is 1.09. The number of aliphatic hydroxyl groups excluding tert-OH is 1. The molecule has 0 spiro atoms. The fraction of sp³-hybridized carbons (Fsp3) is 0.444. The van der Waals surface area contributed by atoms with Crippen molar-refractivity contribution in [1.29, 1.82) is 0 Å². The van der Waals surface area contributed by atoms with Gasteiger partial charge in [0.05, 0.1) is 12.3 Å². The van der Waals surface area contributed by atoms with Gasteiger partial charge in [0.1, 0.15) is 0 Å². The first-order chi connectivity index (χ1) is 5.16. The van der Waals surface area contributed by atoms with Crippen LogP contribution in [-0.4, -0.2) is 11.7 Å². The van der Waals surface area contributed by atoms with Crippen LogP contribution in [0, 0.1) is 5.92 Å². The van der Waals surface area contributed by atoms with Crippen molar-refractivity contribution in [2.24, 2.45) is 11.7 Å². The van der Waals surface area contributed by atoms with E-state index in [1.54, 1.807) is 6.08 Å². The molecule has 2 heteroatoms. The zero-order chi connectivity index (χ0) is 8.43. The third-order valence-electron chi connectivity index (χ3n) is 2.21. The molecule has 1 aliphatic rings. The molecule has 0 radical (unpaired) electrons. The number of hydrogen-bond donors (Lipinski definition) is 2. The molecule has 0 aliphatic heterocycles. The van der Waals surface area contributed by atoms with Gasteiger partial charge in [-0.1, -0.05) is 18.2 Å². The molecule has 1 rings (SSSR count). The molecule has 0 fully saturated rings. The lowest BCUT2D eigenvalue weighted by Gasteiger charge is -2.16. The largest absolute Gasteiger partial charge is 0.395 e. The van der Waals surface area contributed by atoms with Gasteiger partial charge in [0.15, 0.2) is 0 Å². The summed E-state index contributed by atoms with van der Waals surface area (Å²) >= 11 is 0. The van der Waals surface area contributed by atoms with Crippen molar-refractivity contribution in [3.05, 3.63) is 28.7 Å². The van der Waals surface area contributed by atoms with Crippen LogP contribution in [-0.2, 0) is 0 Å². The highest BCUT2D eigenvalue weighted by Gasteiger charge is 2.13. The highest BCUT2D eigenvalue weighted by Crippen LogP contribution is 2.22. The van der Waals surface area contributed by atoms with E-state index in [1.807, 2.05) is 13.8 Å². The second kappa shape index (κ2) is 2.95. The Morgan fingerprint density at radius 3 is 2.91 bits per heavy atom. The smallest absolute Gasteiger partial charge is 0.0687 e. The second-order valence-corrected chi connectivity index (χ2v) is 2.83. The van der Waals surface area contributed by atoms with Gasteiger partial charge in [-0.05, 0) is 18.6 Å². The van der Waals surface area contributed by atoms with E-state index >= 15 is 0 Å². The molecule has 1 atom stereocenters. The van der Waals surface area contributed by atoms with Crippen molar-refractivity contribution in [3.63, 3.8) is 0 Å². The van der Waals surface area contributed by atoms with Crippen LogP contribution in [0.15, 0.2) is 28.7 Å². The molecule has 60 valence electrons. The van der Waals surface area contributed by atoms with Crippen LogP contribution >= 0.6 is 0 Å². The molecule has 1 aliphatic carbocycles. The first-order valence-electron chi connectivity index (χ1n) is 3.69. The third-order valence-corrected chi connectivity index (χ3v) is 2.21. The highest BCUT2D eigenvalue weighted by atomic mass is 16.3. The minimum absolute atomic E-state index is 0.0798. The van der Waals surface area contributed by atoms with Gasteiger partial charge in [0, 0.05) is 5.92 Å². The molecule has 11 heavy (non-hydrogen) atoms. The molecular formula is C9H13NO. The van der Waals surface area contributed by atoms with Crippen molar-refractivity contribution < 1.29 is 5.11 Å². The van der Waals surface area contributed by atoms with Crippen LogP contribution in [0.4, 0.5) is 0 Å². The predicted molar refractivity (Wildman–Crippen MR) is 44.7 cm³/mol. The predicted octanol–water partition coefficient (Wildman–Crippen LogP) is 0.943. The van der Waals surface area contributed by atoms with Gasteiger partial charge in [-0.15, -0.1) is 0 Å². The topological polar surface area (TPSA) is 46.2 Å². The van der Waals surface area contributed by atoms with Crippen molar-refractivity contribution in [3.8, 4) is 0 Å². The summed E-state index contributed by atoms with van der Waals surface area (Å²) in [6.45, 7) is 4.08. The number of aliphatic hydroxyl groups is 1. The molecule has 0 aromatic heterocycles. The molecule has 1 unspecified atom stereocenters. The molecule has 0 heterocycles. The minimum atomic E-state index is 0.0798. The first-order valence-corrected chi connectivity index (χ1v) is 3.69. The standard InChI is InChI=1S/C9H13NO/c1-6-7(2)9(10)4-3-8(6)5-11/h3,7,11H,5,10H2,1-2H3. The summed E-state index contributed by atoms with van der Waals surface area (Å²) in [5.41, 5.74) is 11.4. The van der Waals surface area contributed by atoms with Crippen molar-refractivity contribution in [2.45, 2.75) is 13.8 Å². The Kier molecular flexibility index (Phi) is 2.18. The molecule has 0 saturated carbocycles. The average molecular weight is 151 g/mol. The Labute approximate surface area is 66.7 Å². The van der Waals surface area contributed by atoms with E-state index < -0.39 is 0 Å². The fourth-order valence-corrected chi connectivity index (χ4v) is 1.09. The number of hydrogen-bond acceptors (Lipinski definition) is 2. The Morgan fingerprint density at radius 1 is 1.73 bits per heavy atom. The lowest BCUT2D eigenvalue weighted by atomic mass is 9.92. The van der Waals surface area contributed by atoms with E-state index in [-0.39, 0.29) is 12.5 Å². The summed E-state index contributed by atoms with van der Waals surface area (Å²) in [5, 5.41) is 8.89. The van der Waals surface area contributed by atoms with E-state index in [1.165, 1.54) is 0 Å². The van der Waals surface area contributed by atoms with Gasteiger partial charge in [-0.2, -0.15) is 0 Å². The maximum atomic E-state index is 8.89. The van der Waals surface area contributed by atoms with Crippen LogP contribution in [0.5, 0.6) is 0 Å². The number of rotatable bonds is 1. The molecule has 0 aromatic carbocycles. The molecule has 2 nitrogen and oxygen atoms in total. The normalized spacial score (nSPS) is 23.9. The van der Waals surface area contributed by atoms with Gasteiger partial charge in [0.2, 0.25) is 0 Å². The molecule has 0 aromatic rings. The Hall–Kier alpha value is -0.980. The van der Waals surface area contributed by atoms with Crippen molar-refractivity contribution in [2.75, 3.05) is 6.61 Å². The summed E-state index contributed by atoms with van der Waals surface area (Å²) in [6, 6.07) is 0. The minimum Gasteiger partial charge on any atom is -0.395 e. The Bertz CT molecular complexity index is 257. The molecule has 0 bridgehead atoms. The van der Waals surface area contributed by atoms with Crippen LogP contribution in [0.25, 0.3) is 0 Å². The van der Waals surface area contributed by atoms with E-state index in [4.69, 9.17) is 10.8 Å². The van der Waals surface area contributed by atoms with E-state index in [0.717, 1.165) is 16.8 Å². The average Bonchev–Trinajstić information content (AvgIpc) is 2.01. The molecule has 3 N–H and O–H groups in total. The lowest BCUT2D eigenvalue weighted by molar-refractivity contribution is 0.332.